The molecule has 0 fully saturated rings. The Morgan fingerprint density at radius 1 is 1.38 bits per heavy atom. The standard InChI is InChI=1S/C16H23N3OS/c1-12(20)8-16(2,3)11-17-9-13-10-21-15(19-13)14-6-4-5-7-18-14/h4-7,10,12,17,20H,8-9,11H2,1-3H3. The fraction of sp³-hybridized carbons (Fsp3) is 0.500. The van der Waals surface area contributed by atoms with Crippen LogP contribution in [-0.2, 0) is 6.54 Å². The Morgan fingerprint density at radius 2 is 2.19 bits per heavy atom. The summed E-state index contributed by atoms with van der Waals surface area (Å²) in [6.45, 7) is 7.75. The predicted octanol–water partition coefficient (Wildman–Crippen LogP) is 3.09. The summed E-state index contributed by atoms with van der Waals surface area (Å²) >= 11 is 1.62. The van der Waals surface area contributed by atoms with Gasteiger partial charge >= 0.3 is 0 Å². The molecule has 0 aliphatic carbocycles. The van der Waals surface area contributed by atoms with E-state index in [2.05, 4.69) is 34.5 Å². The first-order valence-electron chi connectivity index (χ1n) is 7.21. The van der Waals surface area contributed by atoms with E-state index in [0.29, 0.717) is 0 Å². The molecule has 1 unspecified atom stereocenters. The molecular weight excluding hydrogens is 282 g/mol. The number of aromatic nitrogens is 2. The second-order valence-electron chi connectivity index (χ2n) is 6.18. The first-order chi connectivity index (χ1) is 9.96. The fourth-order valence-electron chi connectivity index (χ4n) is 2.40. The highest BCUT2D eigenvalue weighted by molar-refractivity contribution is 7.13. The van der Waals surface area contributed by atoms with Gasteiger partial charge < -0.3 is 10.4 Å². The maximum atomic E-state index is 9.49. The van der Waals surface area contributed by atoms with E-state index < -0.39 is 0 Å². The van der Waals surface area contributed by atoms with Crippen molar-refractivity contribution in [2.24, 2.45) is 5.41 Å². The van der Waals surface area contributed by atoms with Gasteiger partial charge in [-0.1, -0.05) is 19.9 Å². The molecule has 2 aromatic rings. The molecule has 2 heterocycles. The smallest absolute Gasteiger partial charge is 0.142 e. The highest BCUT2D eigenvalue weighted by atomic mass is 32.1. The van der Waals surface area contributed by atoms with Crippen molar-refractivity contribution >= 4 is 11.3 Å². The lowest BCUT2D eigenvalue weighted by atomic mass is 9.87. The van der Waals surface area contributed by atoms with E-state index in [0.717, 1.165) is 35.9 Å². The first kappa shape index (κ1) is 16.1. The van der Waals surface area contributed by atoms with Crippen molar-refractivity contribution in [2.75, 3.05) is 6.54 Å². The summed E-state index contributed by atoms with van der Waals surface area (Å²) < 4.78 is 0. The van der Waals surface area contributed by atoms with Gasteiger partial charge in [0.2, 0.25) is 0 Å². The number of rotatable bonds is 7. The first-order valence-corrected chi connectivity index (χ1v) is 8.09. The molecule has 0 aromatic carbocycles. The number of nitrogens with zero attached hydrogens (tertiary/aromatic N) is 2. The van der Waals surface area contributed by atoms with Crippen molar-refractivity contribution in [3.8, 4) is 10.7 Å². The lowest BCUT2D eigenvalue weighted by Crippen LogP contribution is -2.31. The molecule has 0 aliphatic heterocycles. The van der Waals surface area contributed by atoms with Crippen LogP contribution in [0.15, 0.2) is 29.8 Å². The zero-order valence-electron chi connectivity index (χ0n) is 12.8. The molecule has 2 N–H and O–H groups in total. The Hall–Kier alpha value is -1.30. The third-order valence-electron chi connectivity index (χ3n) is 3.19. The van der Waals surface area contributed by atoms with Gasteiger partial charge in [0.1, 0.15) is 5.01 Å². The number of pyridine rings is 1. The average Bonchev–Trinajstić information content (AvgIpc) is 2.87. The number of nitrogens with one attached hydrogen (secondary N) is 1. The summed E-state index contributed by atoms with van der Waals surface area (Å²) in [5.41, 5.74) is 2.03. The molecule has 0 aliphatic rings. The van der Waals surface area contributed by atoms with Gasteiger partial charge in [0.15, 0.2) is 0 Å². The van der Waals surface area contributed by atoms with E-state index in [9.17, 15) is 5.11 Å². The van der Waals surface area contributed by atoms with Gasteiger partial charge in [0.25, 0.3) is 0 Å². The van der Waals surface area contributed by atoms with E-state index in [4.69, 9.17) is 0 Å². The second kappa shape index (κ2) is 7.11. The molecular formula is C16H23N3OS. The topological polar surface area (TPSA) is 58.0 Å². The lowest BCUT2D eigenvalue weighted by molar-refractivity contribution is 0.128. The lowest BCUT2D eigenvalue weighted by Gasteiger charge is -2.26. The number of aliphatic hydroxyl groups is 1. The van der Waals surface area contributed by atoms with Crippen molar-refractivity contribution in [1.82, 2.24) is 15.3 Å². The van der Waals surface area contributed by atoms with Crippen LogP contribution in [0, 0.1) is 5.41 Å². The second-order valence-corrected chi connectivity index (χ2v) is 7.04. The van der Waals surface area contributed by atoms with Gasteiger partial charge in [-0.25, -0.2) is 4.98 Å². The average molecular weight is 305 g/mol. The zero-order chi connectivity index (χ0) is 15.3. The molecule has 0 saturated heterocycles. The number of thiazole rings is 1. The third kappa shape index (κ3) is 5.19. The third-order valence-corrected chi connectivity index (χ3v) is 4.11. The van der Waals surface area contributed by atoms with Crippen LogP contribution in [0.2, 0.25) is 0 Å². The molecule has 1 atom stereocenters. The highest BCUT2D eigenvalue weighted by Gasteiger charge is 2.19. The molecule has 0 spiro atoms. The van der Waals surface area contributed by atoms with Crippen LogP contribution < -0.4 is 5.32 Å². The maximum Gasteiger partial charge on any atom is 0.142 e. The minimum absolute atomic E-state index is 0.0774. The van der Waals surface area contributed by atoms with Gasteiger partial charge in [0, 0.05) is 24.7 Å². The summed E-state index contributed by atoms with van der Waals surface area (Å²) in [5.74, 6) is 0. The number of hydrogen-bond donors (Lipinski definition) is 2. The molecule has 2 aromatic heterocycles. The molecule has 4 nitrogen and oxygen atoms in total. The van der Waals surface area contributed by atoms with Crippen LogP contribution in [0.1, 0.15) is 32.9 Å². The van der Waals surface area contributed by atoms with Crippen molar-refractivity contribution in [1.29, 1.82) is 0 Å². The van der Waals surface area contributed by atoms with Gasteiger partial charge in [-0.3, -0.25) is 4.98 Å². The van der Waals surface area contributed by atoms with Gasteiger partial charge in [-0.05, 0) is 30.9 Å². The molecule has 0 bridgehead atoms. The Bertz CT molecular complexity index is 552. The molecule has 2 rings (SSSR count). The van der Waals surface area contributed by atoms with Crippen molar-refractivity contribution in [3.05, 3.63) is 35.5 Å². The fourth-order valence-corrected chi connectivity index (χ4v) is 3.19. The zero-order valence-corrected chi connectivity index (χ0v) is 13.7. The molecule has 114 valence electrons. The van der Waals surface area contributed by atoms with Crippen molar-refractivity contribution in [2.45, 2.75) is 39.8 Å². The Labute approximate surface area is 130 Å². The predicted molar refractivity (Wildman–Crippen MR) is 87.1 cm³/mol. The van der Waals surface area contributed by atoms with Crippen LogP contribution >= 0.6 is 11.3 Å². The Kier molecular flexibility index (Phi) is 5.45. The van der Waals surface area contributed by atoms with Crippen LogP contribution in [0.3, 0.4) is 0 Å². The number of aliphatic hydroxyl groups excluding tert-OH is 1. The number of hydrogen-bond acceptors (Lipinski definition) is 5. The van der Waals surface area contributed by atoms with E-state index in [-0.39, 0.29) is 11.5 Å². The van der Waals surface area contributed by atoms with Gasteiger partial charge in [0.05, 0.1) is 17.5 Å². The summed E-state index contributed by atoms with van der Waals surface area (Å²) in [6, 6.07) is 5.85. The van der Waals surface area contributed by atoms with E-state index >= 15 is 0 Å². The minimum Gasteiger partial charge on any atom is -0.393 e. The van der Waals surface area contributed by atoms with Gasteiger partial charge in [-0.15, -0.1) is 11.3 Å². The highest BCUT2D eigenvalue weighted by Crippen LogP contribution is 2.23. The van der Waals surface area contributed by atoms with E-state index in [1.165, 1.54) is 0 Å². The summed E-state index contributed by atoms with van der Waals surface area (Å²) in [4.78, 5) is 8.92. The summed E-state index contributed by atoms with van der Waals surface area (Å²) in [6.07, 6.45) is 2.31. The molecule has 0 saturated carbocycles. The monoisotopic (exact) mass is 305 g/mol. The quantitative estimate of drug-likeness (QED) is 0.825. The van der Waals surface area contributed by atoms with Crippen LogP contribution in [0.25, 0.3) is 10.7 Å². The van der Waals surface area contributed by atoms with Gasteiger partial charge in [-0.2, -0.15) is 0 Å². The summed E-state index contributed by atoms with van der Waals surface area (Å²) in [5, 5.41) is 15.9. The molecule has 21 heavy (non-hydrogen) atoms. The normalized spacial score (nSPS) is 13.3. The SMILES string of the molecule is CC(O)CC(C)(C)CNCc1csc(-c2ccccn2)n1. The molecule has 0 amide bonds. The molecule has 0 radical (unpaired) electrons. The maximum absolute atomic E-state index is 9.49. The van der Waals surface area contributed by atoms with E-state index in [1.54, 1.807) is 17.5 Å². The van der Waals surface area contributed by atoms with Crippen LogP contribution in [0.4, 0.5) is 0 Å². The van der Waals surface area contributed by atoms with Crippen molar-refractivity contribution < 1.29 is 5.11 Å². The summed E-state index contributed by atoms with van der Waals surface area (Å²) in [7, 11) is 0. The Balaban J connectivity index is 1.86. The van der Waals surface area contributed by atoms with Crippen LogP contribution in [-0.4, -0.2) is 27.7 Å². The largest absolute Gasteiger partial charge is 0.393 e. The minimum atomic E-state index is -0.267. The van der Waals surface area contributed by atoms with Crippen molar-refractivity contribution in [3.63, 3.8) is 0 Å². The molecule has 5 heteroatoms. The van der Waals surface area contributed by atoms with Crippen LogP contribution in [0.5, 0.6) is 0 Å². The van der Waals surface area contributed by atoms with E-state index in [1.807, 2.05) is 25.1 Å². The Morgan fingerprint density at radius 3 is 2.86 bits per heavy atom.